The van der Waals surface area contributed by atoms with Crippen molar-refractivity contribution >= 4 is 5.69 Å². The molecule has 1 aromatic heterocycles. The summed E-state index contributed by atoms with van der Waals surface area (Å²) >= 11 is 0. The molecule has 0 amide bonds. The van der Waals surface area contributed by atoms with Crippen molar-refractivity contribution in [2.75, 3.05) is 11.9 Å². The van der Waals surface area contributed by atoms with E-state index in [9.17, 15) is 0 Å². The molecule has 1 heterocycles. The number of nitrogens with one attached hydrogen (secondary N) is 1. The van der Waals surface area contributed by atoms with E-state index in [1.807, 2.05) is 10.9 Å². The SMILES string of the molecule is CC(CNc1cnn(C(C)C)c1)c1ccccc1. The van der Waals surface area contributed by atoms with Crippen LogP contribution in [-0.2, 0) is 0 Å². The van der Waals surface area contributed by atoms with E-state index in [0.717, 1.165) is 12.2 Å². The Hall–Kier alpha value is -1.77. The van der Waals surface area contributed by atoms with E-state index in [0.29, 0.717) is 12.0 Å². The van der Waals surface area contributed by atoms with Gasteiger partial charge in [-0.05, 0) is 25.3 Å². The van der Waals surface area contributed by atoms with Gasteiger partial charge in [-0.15, -0.1) is 0 Å². The third-order valence-corrected chi connectivity index (χ3v) is 3.11. The highest BCUT2D eigenvalue weighted by atomic mass is 15.3. The molecule has 3 nitrogen and oxygen atoms in total. The first-order valence-electron chi connectivity index (χ1n) is 6.50. The minimum Gasteiger partial charge on any atom is -0.382 e. The number of anilines is 1. The molecule has 0 aliphatic rings. The molecule has 0 radical (unpaired) electrons. The van der Waals surface area contributed by atoms with Gasteiger partial charge in [-0.2, -0.15) is 5.10 Å². The third-order valence-electron chi connectivity index (χ3n) is 3.11. The molecule has 0 spiro atoms. The first kappa shape index (κ1) is 12.7. The number of hydrogen-bond acceptors (Lipinski definition) is 2. The van der Waals surface area contributed by atoms with Gasteiger partial charge in [0, 0.05) is 18.8 Å². The van der Waals surface area contributed by atoms with Crippen LogP contribution in [-0.4, -0.2) is 16.3 Å². The minimum absolute atomic E-state index is 0.409. The molecule has 1 unspecified atom stereocenters. The molecule has 0 bridgehead atoms. The van der Waals surface area contributed by atoms with Gasteiger partial charge < -0.3 is 5.32 Å². The molecule has 3 heteroatoms. The van der Waals surface area contributed by atoms with Crippen LogP contribution in [0.2, 0.25) is 0 Å². The van der Waals surface area contributed by atoms with Crippen LogP contribution in [0.15, 0.2) is 42.7 Å². The van der Waals surface area contributed by atoms with Crippen molar-refractivity contribution in [3.8, 4) is 0 Å². The van der Waals surface area contributed by atoms with E-state index < -0.39 is 0 Å². The Morgan fingerprint density at radius 3 is 2.50 bits per heavy atom. The molecule has 0 saturated heterocycles. The van der Waals surface area contributed by atoms with E-state index in [4.69, 9.17) is 0 Å². The number of benzene rings is 1. The molecule has 96 valence electrons. The van der Waals surface area contributed by atoms with Gasteiger partial charge in [-0.1, -0.05) is 37.3 Å². The van der Waals surface area contributed by atoms with Gasteiger partial charge in [0.1, 0.15) is 0 Å². The fourth-order valence-corrected chi connectivity index (χ4v) is 1.88. The molecule has 1 atom stereocenters. The lowest BCUT2D eigenvalue weighted by Crippen LogP contribution is -2.09. The van der Waals surface area contributed by atoms with Gasteiger partial charge in [-0.25, -0.2) is 0 Å². The maximum atomic E-state index is 4.32. The van der Waals surface area contributed by atoms with Crippen LogP contribution in [0, 0.1) is 0 Å². The van der Waals surface area contributed by atoms with Crippen LogP contribution >= 0.6 is 0 Å². The van der Waals surface area contributed by atoms with Crippen molar-refractivity contribution in [2.45, 2.75) is 32.7 Å². The second-order valence-corrected chi connectivity index (χ2v) is 5.00. The summed E-state index contributed by atoms with van der Waals surface area (Å²) in [5.74, 6) is 0.494. The molecular formula is C15H21N3. The molecule has 1 aromatic carbocycles. The van der Waals surface area contributed by atoms with Gasteiger partial charge in [0.05, 0.1) is 11.9 Å². The number of aromatic nitrogens is 2. The highest BCUT2D eigenvalue weighted by Crippen LogP contribution is 2.16. The number of nitrogens with zero attached hydrogens (tertiary/aromatic N) is 2. The molecule has 2 aromatic rings. The quantitative estimate of drug-likeness (QED) is 0.868. The molecule has 0 saturated carbocycles. The lowest BCUT2D eigenvalue weighted by molar-refractivity contribution is 0.532. The highest BCUT2D eigenvalue weighted by molar-refractivity contribution is 5.39. The van der Waals surface area contributed by atoms with Gasteiger partial charge in [0.25, 0.3) is 0 Å². The summed E-state index contributed by atoms with van der Waals surface area (Å²) < 4.78 is 1.97. The Balaban J connectivity index is 1.91. The van der Waals surface area contributed by atoms with Crippen LogP contribution in [0.5, 0.6) is 0 Å². The normalized spacial score (nSPS) is 12.7. The zero-order valence-electron chi connectivity index (χ0n) is 11.3. The summed E-state index contributed by atoms with van der Waals surface area (Å²) in [5, 5.41) is 7.76. The van der Waals surface area contributed by atoms with E-state index in [1.165, 1.54) is 5.56 Å². The minimum atomic E-state index is 0.409. The predicted molar refractivity (Wildman–Crippen MR) is 76.0 cm³/mol. The van der Waals surface area contributed by atoms with Crippen molar-refractivity contribution in [3.63, 3.8) is 0 Å². The monoisotopic (exact) mass is 243 g/mol. The maximum Gasteiger partial charge on any atom is 0.0726 e. The Morgan fingerprint density at radius 1 is 1.17 bits per heavy atom. The molecule has 18 heavy (non-hydrogen) atoms. The summed E-state index contributed by atoms with van der Waals surface area (Å²) in [4.78, 5) is 0. The van der Waals surface area contributed by atoms with Gasteiger partial charge in [-0.3, -0.25) is 4.68 Å². The molecule has 2 rings (SSSR count). The average molecular weight is 243 g/mol. The van der Waals surface area contributed by atoms with E-state index in [2.05, 4.69) is 67.7 Å². The number of hydrogen-bond donors (Lipinski definition) is 1. The summed E-state index contributed by atoms with van der Waals surface area (Å²) in [6.07, 6.45) is 3.94. The molecule has 0 aliphatic heterocycles. The fraction of sp³-hybridized carbons (Fsp3) is 0.400. The Labute approximate surface area is 109 Å². The Kier molecular flexibility index (Phi) is 4.03. The average Bonchev–Trinajstić information content (AvgIpc) is 2.86. The van der Waals surface area contributed by atoms with E-state index in [-0.39, 0.29) is 0 Å². The molecule has 0 fully saturated rings. The van der Waals surface area contributed by atoms with Gasteiger partial charge >= 0.3 is 0 Å². The zero-order chi connectivity index (χ0) is 13.0. The van der Waals surface area contributed by atoms with Crippen LogP contribution in [0.4, 0.5) is 5.69 Å². The maximum absolute atomic E-state index is 4.32. The van der Waals surface area contributed by atoms with Crippen molar-refractivity contribution in [1.29, 1.82) is 0 Å². The molecular weight excluding hydrogens is 222 g/mol. The molecule has 1 N–H and O–H groups in total. The summed E-state index contributed by atoms with van der Waals surface area (Å²) in [5.41, 5.74) is 2.45. The smallest absolute Gasteiger partial charge is 0.0726 e. The van der Waals surface area contributed by atoms with E-state index in [1.54, 1.807) is 0 Å². The summed E-state index contributed by atoms with van der Waals surface area (Å²) in [7, 11) is 0. The lowest BCUT2D eigenvalue weighted by Gasteiger charge is -2.12. The first-order chi connectivity index (χ1) is 8.66. The Morgan fingerprint density at radius 2 is 1.89 bits per heavy atom. The van der Waals surface area contributed by atoms with Crippen molar-refractivity contribution < 1.29 is 0 Å². The summed E-state index contributed by atoms with van der Waals surface area (Å²) in [6, 6.07) is 11.0. The zero-order valence-corrected chi connectivity index (χ0v) is 11.3. The second-order valence-electron chi connectivity index (χ2n) is 5.00. The van der Waals surface area contributed by atoms with Crippen LogP contribution < -0.4 is 5.32 Å². The predicted octanol–water partition coefficient (Wildman–Crippen LogP) is 3.68. The van der Waals surface area contributed by atoms with Crippen molar-refractivity contribution in [1.82, 2.24) is 9.78 Å². The topological polar surface area (TPSA) is 29.9 Å². The van der Waals surface area contributed by atoms with Gasteiger partial charge in [0.15, 0.2) is 0 Å². The van der Waals surface area contributed by atoms with Crippen molar-refractivity contribution in [3.05, 3.63) is 48.3 Å². The third kappa shape index (κ3) is 3.13. The highest BCUT2D eigenvalue weighted by Gasteiger charge is 2.06. The Bertz CT molecular complexity index is 473. The largest absolute Gasteiger partial charge is 0.382 e. The first-order valence-corrected chi connectivity index (χ1v) is 6.50. The summed E-state index contributed by atoms with van der Waals surface area (Å²) in [6.45, 7) is 7.41. The fourth-order valence-electron chi connectivity index (χ4n) is 1.88. The lowest BCUT2D eigenvalue weighted by atomic mass is 10.0. The van der Waals surface area contributed by atoms with Crippen LogP contribution in [0.3, 0.4) is 0 Å². The van der Waals surface area contributed by atoms with Gasteiger partial charge in [0.2, 0.25) is 0 Å². The molecule has 0 aliphatic carbocycles. The van der Waals surface area contributed by atoms with E-state index >= 15 is 0 Å². The van der Waals surface area contributed by atoms with Crippen LogP contribution in [0.1, 0.15) is 38.3 Å². The second kappa shape index (κ2) is 5.71. The van der Waals surface area contributed by atoms with Crippen LogP contribution in [0.25, 0.3) is 0 Å². The standard InChI is InChI=1S/C15H21N3/c1-12(2)18-11-15(10-17-18)16-9-13(3)14-7-5-4-6-8-14/h4-8,10-13,16H,9H2,1-3H3. The van der Waals surface area contributed by atoms with Crippen molar-refractivity contribution in [2.24, 2.45) is 0 Å². The number of rotatable bonds is 5.